The highest BCUT2D eigenvalue weighted by Gasteiger charge is 2.22. The van der Waals surface area contributed by atoms with E-state index >= 15 is 0 Å². The molecule has 0 saturated carbocycles. The largest absolute Gasteiger partial charge is 0.369 e. The average Bonchev–Trinajstić information content (AvgIpc) is 3.18. The lowest BCUT2D eigenvalue weighted by atomic mass is 10.2. The van der Waals surface area contributed by atoms with Crippen molar-refractivity contribution < 1.29 is 4.39 Å². The summed E-state index contributed by atoms with van der Waals surface area (Å²) in [5.74, 6) is 0.471. The van der Waals surface area contributed by atoms with Gasteiger partial charge in [-0.15, -0.1) is 0 Å². The van der Waals surface area contributed by atoms with Crippen LogP contribution in [0.1, 0.15) is 11.4 Å². The van der Waals surface area contributed by atoms with Gasteiger partial charge >= 0.3 is 5.69 Å². The molecule has 10 heteroatoms. The van der Waals surface area contributed by atoms with Crippen LogP contribution in [0.5, 0.6) is 0 Å². The summed E-state index contributed by atoms with van der Waals surface area (Å²) in [6.07, 6.45) is 0. The zero-order chi connectivity index (χ0) is 23.8. The molecule has 2 aromatic heterocycles. The fourth-order valence-corrected chi connectivity index (χ4v) is 4.49. The number of nitrogens with one attached hydrogen (secondary N) is 1. The fraction of sp³-hybridized carbons (Fsp3) is 0.292. The van der Waals surface area contributed by atoms with E-state index < -0.39 is 11.2 Å². The van der Waals surface area contributed by atoms with Gasteiger partial charge in [-0.25, -0.2) is 14.2 Å². The van der Waals surface area contributed by atoms with E-state index in [4.69, 9.17) is 16.6 Å². The van der Waals surface area contributed by atoms with Gasteiger partial charge in [-0.1, -0.05) is 23.7 Å². The zero-order valence-corrected chi connectivity index (χ0v) is 19.4. The number of nitrogens with zero attached hydrogens (tertiary/aromatic N) is 5. The SMILES string of the molecule is Cn1c(=O)[nH]c(=O)c2c1nc(CN1CCN(c3ccc(F)cc3)CC1)n2Cc1ccc(Cl)cc1. The average molecular weight is 483 g/mol. The topological polar surface area (TPSA) is 79.2 Å². The highest BCUT2D eigenvalue weighted by molar-refractivity contribution is 6.30. The van der Waals surface area contributed by atoms with Gasteiger partial charge in [0.05, 0.1) is 6.54 Å². The second-order valence-electron chi connectivity index (χ2n) is 8.47. The van der Waals surface area contributed by atoms with E-state index in [0.717, 1.165) is 37.4 Å². The molecule has 0 radical (unpaired) electrons. The number of hydrogen-bond acceptors (Lipinski definition) is 5. The lowest BCUT2D eigenvalue weighted by Crippen LogP contribution is -2.46. The van der Waals surface area contributed by atoms with Crippen LogP contribution in [0.15, 0.2) is 58.1 Å². The summed E-state index contributed by atoms with van der Waals surface area (Å²) in [6, 6.07) is 14.0. The Morgan fingerprint density at radius 3 is 2.32 bits per heavy atom. The van der Waals surface area contributed by atoms with Crippen LogP contribution in [0.25, 0.3) is 11.2 Å². The van der Waals surface area contributed by atoms with Crippen molar-refractivity contribution in [2.24, 2.45) is 7.05 Å². The van der Waals surface area contributed by atoms with Crippen molar-refractivity contribution in [1.29, 1.82) is 0 Å². The van der Waals surface area contributed by atoms with Crippen molar-refractivity contribution in [2.45, 2.75) is 13.1 Å². The molecule has 0 unspecified atom stereocenters. The molecule has 1 aliphatic heterocycles. The molecule has 0 aliphatic carbocycles. The molecule has 8 nitrogen and oxygen atoms in total. The third-order valence-corrected chi connectivity index (χ3v) is 6.52. The fourth-order valence-electron chi connectivity index (χ4n) is 4.36. The summed E-state index contributed by atoms with van der Waals surface area (Å²) in [6.45, 7) is 4.13. The van der Waals surface area contributed by atoms with Crippen LogP contribution >= 0.6 is 11.6 Å². The number of imidazole rings is 1. The number of hydrogen-bond donors (Lipinski definition) is 1. The maximum absolute atomic E-state index is 13.3. The Kier molecular flexibility index (Phi) is 5.97. The van der Waals surface area contributed by atoms with E-state index in [1.165, 1.54) is 16.7 Å². The number of halogens is 2. The molecule has 4 aromatic rings. The van der Waals surface area contributed by atoms with Gasteiger partial charge < -0.3 is 9.47 Å². The first kappa shape index (κ1) is 22.4. The number of aryl methyl sites for hydroxylation is 1. The number of aromatic amines is 1. The molecule has 1 N–H and O–H groups in total. The molecule has 0 atom stereocenters. The Labute approximate surface area is 199 Å². The number of benzene rings is 2. The summed E-state index contributed by atoms with van der Waals surface area (Å²) in [5.41, 5.74) is 1.76. The number of aromatic nitrogens is 4. The first-order valence-electron chi connectivity index (χ1n) is 11.0. The predicted molar refractivity (Wildman–Crippen MR) is 130 cm³/mol. The second kappa shape index (κ2) is 9.08. The molecule has 0 amide bonds. The Bertz CT molecular complexity index is 1430. The minimum atomic E-state index is -0.492. The maximum atomic E-state index is 13.3. The summed E-state index contributed by atoms with van der Waals surface area (Å²) in [5, 5.41) is 0.638. The second-order valence-corrected chi connectivity index (χ2v) is 8.91. The number of fused-ring (bicyclic) bond motifs is 1. The third kappa shape index (κ3) is 4.36. The predicted octanol–water partition coefficient (Wildman–Crippen LogP) is 2.59. The molecule has 176 valence electrons. The van der Waals surface area contributed by atoms with Gasteiger partial charge in [-0.2, -0.15) is 0 Å². The summed E-state index contributed by atoms with van der Waals surface area (Å²) in [4.78, 5) is 36.5. The number of H-pyrrole nitrogens is 1. The molecule has 0 bridgehead atoms. The zero-order valence-electron chi connectivity index (χ0n) is 18.7. The first-order valence-corrected chi connectivity index (χ1v) is 11.4. The van der Waals surface area contributed by atoms with Crippen LogP contribution in [-0.2, 0) is 20.1 Å². The highest BCUT2D eigenvalue weighted by atomic mass is 35.5. The molecule has 0 spiro atoms. The van der Waals surface area contributed by atoms with Crippen molar-refractivity contribution in [3.63, 3.8) is 0 Å². The molecule has 1 saturated heterocycles. The summed E-state index contributed by atoms with van der Waals surface area (Å²) >= 11 is 6.03. The standard InChI is InChI=1S/C24H24ClFN6O2/c1-29-22-21(23(33)28-24(29)34)32(14-16-2-4-17(25)5-3-16)20(27-22)15-30-10-12-31(13-11-30)19-8-6-18(26)7-9-19/h2-9H,10-15H2,1H3,(H,28,33,34). The normalized spacial score (nSPS) is 14.7. The van der Waals surface area contributed by atoms with Gasteiger partial charge in [0.25, 0.3) is 5.56 Å². The van der Waals surface area contributed by atoms with Gasteiger partial charge in [0.15, 0.2) is 11.2 Å². The highest BCUT2D eigenvalue weighted by Crippen LogP contribution is 2.20. The smallest absolute Gasteiger partial charge is 0.329 e. The monoisotopic (exact) mass is 482 g/mol. The van der Waals surface area contributed by atoms with Crippen molar-refractivity contribution >= 4 is 28.5 Å². The van der Waals surface area contributed by atoms with E-state index in [1.807, 2.05) is 28.8 Å². The lowest BCUT2D eigenvalue weighted by molar-refractivity contribution is 0.241. The van der Waals surface area contributed by atoms with Gasteiger partial charge in [-0.3, -0.25) is 19.2 Å². The van der Waals surface area contributed by atoms with Crippen LogP contribution in [0.3, 0.4) is 0 Å². The van der Waals surface area contributed by atoms with E-state index in [2.05, 4.69) is 14.8 Å². The minimum Gasteiger partial charge on any atom is -0.369 e. The molecular formula is C24H24ClFN6O2. The van der Waals surface area contributed by atoms with Gasteiger partial charge in [0.2, 0.25) is 0 Å². The van der Waals surface area contributed by atoms with Gasteiger partial charge in [0.1, 0.15) is 11.6 Å². The van der Waals surface area contributed by atoms with Crippen molar-refractivity contribution in [3.8, 4) is 0 Å². The first-order chi connectivity index (χ1) is 16.4. The van der Waals surface area contributed by atoms with Crippen LogP contribution in [0, 0.1) is 5.82 Å². The van der Waals surface area contributed by atoms with Gasteiger partial charge in [0, 0.05) is 50.5 Å². The molecule has 1 fully saturated rings. The van der Waals surface area contributed by atoms with Crippen LogP contribution in [0.4, 0.5) is 10.1 Å². The quantitative estimate of drug-likeness (QED) is 0.473. The molecule has 34 heavy (non-hydrogen) atoms. The summed E-state index contributed by atoms with van der Waals surface area (Å²) in [7, 11) is 1.60. The Morgan fingerprint density at radius 2 is 1.65 bits per heavy atom. The number of anilines is 1. The Morgan fingerprint density at radius 1 is 0.971 bits per heavy atom. The van der Waals surface area contributed by atoms with Gasteiger partial charge in [-0.05, 0) is 42.0 Å². The van der Waals surface area contributed by atoms with E-state index in [9.17, 15) is 14.0 Å². The minimum absolute atomic E-state index is 0.244. The van der Waals surface area contributed by atoms with Crippen LogP contribution < -0.4 is 16.1 Å². The number of rotatable bonds is 5. The Balaban J connectivity index is 1.43. The Hall–Kier alpha value is -3.43. The molecule has 5 rings (SSSR count). The lowest BCUT2D eigenvalue weighted by Gasteiger charge is -2.36. The molecular weight excluding hydrogens is 459 g/mol. The van der Waals surface area contributed by atoms with Crippen molar-refractivity contribution in [1.82, 2.24) is 24.0 Å². The van der Waals surface area contributed by atoms with Crippen molar-refractivity contribution in [3.05, 3.63) is 91.6 Å². The van der Waals surface area contributed by atoms with E-state index in [0.29, 0.717) is 35.1 Å². The van der Waals surface area contributed by atoms with E-state index in [-0.39, 0.29) is 5.82 Å². The molecule has 1 aliphatic rings. The van der Waals surface area contributed by atoms with Crippen LogP contribution in [-0.4, -0.2) is 50.2 Å². The maximum Gasteiger partial charge on any atom is 0.329 e. The molecule has 2 aromatic carbocycles. The summed E-state index contributed by atoms with van der Waals surface area (Å²) < 4.78 is 16.5. The number of piperazine rings is 1. The molecule has 3 heterocycles. The van der Waals surface area contributed by atoms with Crippen molar-refractivity contribution in [2.75, 3.05) is 31.1 Å². The van der Waals surface area contributed by atoms with E-state index in [1.54, 1.807) is 19.2 Å². The third-order valence-electron chi connectivity index (χ3n) is 6.27. The van der Waals surface area contributed by atoms with Crippen LogP contribution in [0.2, 0.25) is 5.02 Å².